The van der Waals surface area contributed by atoms with Crippen molar-refractivity contribution in [3.8, 4) is 0 Å². The van der Waals surface area contributed by atoms with Gasteiger partial charge in [-0.15, -0.1) is 11.3 Å². The zero-order valence-electron chi connectivity index (χ0n) is 16.6. The first kappa shape index (κ1) is 19.1. The summed E-state index contributed by atoms with van der Waals surface area (Å²) in [5.74, 6) is 1.55. The number of aryl methyl sites for hydroxylation is 1. The van der Waals surface area contributed by atoms with Gasteiger partial charge < -0.3 is 19.8 Å². The van der Waals surface area contributed by atoms with Gasteiger partial charge in [-0.2, -0.15) is 4.98 Å². The van der Waals surface area contributed by atoms with Crippen LogP contribution in [0.1, 0.15) is 39.6 Å². The zero-order chi connectivity index (χ0) is 19.8. The molecule has 2 aliphatic rings. The molecule has 4 rings (SSSR count). The summed E-state index contributed by atoms with van der Waals surface area (Å²) in [7, 11) is 3.88. The normalized spacial score (nSPS) is 17.6. The van der Waals surface area contributed by atoms with Gasteiger partial charge in [0.05, 0.1) is 23.4 Å². The van der Waals surface area contributed by atoms with Crippen LogP contribution in [0.5, 0.6) is 0 Å². The lowest BCUT2D eigenvalue weighted by Crippen LogP contribution is -2.41. The van der Waals surface area contributed by atoms with Crippen LogP contribution in [0.3, 0.4) is 0 Å². The molecule has 2 aromatic rings. The minimum atomic E-state index is -0.242. The largest absolute Gasteiger partial charge is 0.393 e. The van der Waals surface area contributed by atoms with Crippen molar-refractivity contribution in [2.45, 2.75) is 38.8 Å². The van der Waals surface area contributed by atoms with Gasteiger partial charge in [-0.05, 0) is 19.8 Å². The third-order valence-corrected chi connectivity index (χ3v) is 6.09. The van der Waals surface area contributed by atoms with Crippen molar-refractivity contribution in [2.75, 3.05) is 43.5 Å². The standard InChI is InChI=1S/C19H26N6O2S/c1-12-20-16(11-28-12)18(27)25-9-6-15-14(10-25)17(22-19(21-15)23(2)3)24-7-4-13(26)5-8-24/h11,13,26H,4-10H2,1-3H3. The highest BCUT2D eigenvalue weighted by Gasteiger charge is 2.30. The molecule has 150 valence electrons. The van der Waals surface area contributed by atoms with Crippen LogP contribution in [0, 0.1) is 6.92 Å². The fourth-order valence-corrected chi connectivity index (χ4v) is 4.31. The fourth-order valence-electron chi connectivity index (χ4n) is 3.72. The van der Waals surface area contributed by atoms with E-state index in [1.807, 2.05) is 36.2 Å². The molecule has 0 atom stereocenters. The molecule has 2 aromatic heterocycles. The summed E-state index contributed by atoms with van der Waals surface area (Å²) in [6.45, 7) is 4.55. The molecule has 8 nitrogen and oxygen atoms in total. The summed E-state index contributed by atoms with van der Waals surface area (Å²) < 4.78 is 0. The minimum absolute atomic E-state index is 0.0355. The van der Waals surface area contributed by atoms with Crippen LogP contribution in [0.15, 0.2) is 5.38 Å². The molecule has 9 heteroatoms. The number of rotatable bonds is 3. The Kier molecular flexibility index (Phi) is 5.20. The second-order valence-corrected chi connectivity index (χ2v) is 8.68. The third-order valence-electron chi connectivity index (χ3n) is 5.32. The smallest absolute Gasteiger partial charge is 0.273 e. The van der Waals surface area contributed by atoms with Crippen molar-refractivity contribution in [1.82, 2.24) is 19.9 Å². The molecule has 1 saturated heterocycles. The van der Waals surface area contributed by atoms with E-state index in [1.165, 1.54) is 11.3 Å². The Morgan fingerprint density at radius 1 is 1.21 bits per heavy atom. The topological polar surface area (TPSA) is 85.7 Å². The lowest BCUT2D eigenvalue weighted by atomic mass is 10.0. The Morgan fingerprint density at radius 3 is 2.61 bits per heavy atom. The highest BCUT2D eigenvalue weighted by molar-refractivity contribution is 7.09. The summed E-state index contributed by atoms with van der Waals surface area (Å²) >= 11 is 1.49. The number of anilines is 2. The van der Waals surface area contributed by atoms with E-state index in [0.29, 0.717) is 31.2 Å². The summed E-state index contributed by atoms with van der Waals surface area (Å²) in [5, 5.41) is 12.6. The van der Waals surface area contributed by atoms with E-state index in [1.54, 1.807) is 0 Å². The van der Waals surface area contributed by atoms with Gasteiger partial charge in [0.15, 0.2) is 0 Å². The average molecular weight is 403 g/mol. The first-order valence-corrected chi connectivity index (χ1v) is 10.5. The maximum Gasteiger partial charge on any atom is 0.273 e. The van der Waals surface area contributed by atoms with Gasteiger partial charge in [0, 0.05) is 51.1 Å². The number of thiazole rings is 1. The summed E-state index contributed by atoms with van der Waals surface area (Å²) in [5.41, 5.74) is 2.55. The highest BCUT2D eigenvalue weighted by Crippen LogP contribution is 2.31. The Bertz CT molecular complexity index is 875. The van der Waals surface area contributed by atoms with Crippen molar-refractivity contribution >= 4 is 29.0 Å². The van der Waals surface area contributed by atoms with Gasteiger partial charge in [0.25, 0.3) is 5.91 Å². The first-order chi connectivity index (χ1) is 13.4. The molecule has 0 unspecified atom stereocenters. The molecular weight excluding hydrogens is 376 g/mol. The fraction of sp³-hybridized carbons (Fsp3) is 0.579. The second kappa shape index (κ2) is 7.63. The molecule has 2 aliphatic heterocycles. The number of carbonyl (C=O) groups excluding carboxylic acids is 1. The van der Waals surface area contributed by atoms with E-state index in [2.05, 4.69) is 9.88 Å². The van der Waals surface area contributed by atoms with Crippen LogP contribution in [-0.4, -0.2) is 70.7 Å². The SMILES string of the molecule is Cc1nc(C(=O)N2CCc3nc(N(C)C)nc(N4CCC(O)CC4)c3C2)cs1. The van der Waals surface area contributed by atoms with Crippen molar-refractivity contribution in [1.29, 1.82) is 0 Å². The van der Waals surface area contributed by atoms with E-state index in [0.717, 1.165) is 48.0 Å². The summed E-state index contributed by atoms with van der Waals surface area (Å²) in [6.07, 6.45) is 1.93. The van der Waals surface area contributed by atoms with E-state index < -0.39 is 0 Å². The lowest BCUT2D eigenvalue weighted by molar-refractivity contribution is 0.0728. The summed E-state index contributed by atoms with van der Waals surface area (Å²) in [6, 6.07) is 0. The van der Waals surface area contributed by atoms with Crippen molar-refractivity contribution < 1.29 is 9.90 Å². The Balaban J connectivity index is 1.66. The number of carbonyl (C=O) groups is 1. The monoisotopic (exact) mass is 402 g/mol. The van der Waals surface area contributed by atoms with E-state index in [4.69, 9.17) is 9.97 Å². The van der Waals surface area contributed by atoms with Gasteiger partial charge in [-0.25, -0.2) is 9.97 Å². The second-order valence-electron chi connectivity index (χ2n) is 7.61. The first-order valence-electron chi connectivity index (χ1n) is 9.64. The predicted molar refractivity (Wildman–Crippen MR) is 109 cm³/mol. The van der Waals surface area contributed by atoms with Crippen molar-refractivity contribution in [3.63, 3.8) is 0 Å². The van der Waals surface area contributed by atoms with Crippen molar-refractivity contribution in [2.24, 2.45) is 0 Å². The molecular formula is C19H26N6O2S. The minimum Gasteiger partial charge on any atom is -0.393 e. The number of aromatic nitrogens is 3. The van der Waals surface area contributed by atoms with Crippen LogP contribution in [0.4, 0.5) is 11.8 Å². The van der Waals surface area contributed by atoms with E-state index >= 15 is 0 Å². The van der Waals surface area contributed by atoms with Gasteiger partial charge in [0.1, 0.15) is 11.5 Å². The number of piperidine rings is 1. The zero-order valence-corrected chi connectivity index (χ0v) is 17.4. The molecule has 1 N–H and O–H groups in total. The van der Waals surface area contributed by atoms with E-state index in [-0.39, 0.29) is 12.0 Å². The summed E-state index contributed by atoms with van der Waals surface area (Å²) in [4.78, 5) is 32.8. The molecule has 0 radical (unpaired) electrons. The van der Waals surface area contributed by atoms with Crippen LogP contribution >= 0.6 is 11.3 Å². The lowest BCUT2D eigenvalue weighted by Gasteiger charge is -2.36. The quantitative estimate of drug-likeness (QED) is 0.832. The number of hydrogen-bond donors (Lipinski definition) is 1. The highest BCUT2D eigenvalue weighted by atomic mass is 32.1. The number of hydrogen-bond acceptors (Lipinski definition) is 8. The molecule has 0 aromatic carbocycles. The molecule has 0 saturated carbocycles. The van der Waals surface area contributed by atoms with Gasteiger partial charge in [-0.3, -0.25) is 4.79 Å². The maximum atomic E-state index is 12.9. The molecule has 1 fully saturated rings. The Labute approximate surface area is 168 Å². The molecule has 4 heterocycles. The molecule has 0 bridgehead atoms. The number of nitrogens with zero attached hydrogens (tertiary/aromatic N) is 6. The number of fused-ring (bicyclic) bond motifs is 1. The number of amides is 1. The molecule has 0 spiro atoms. The van der Waals surface area contributed by atoms with Gasteiger partial charge >= 0.3 is 0 Å². The Hall–Kier alpha value is -2.26. The van der Waals surface area contributed by atoms with Crippen LogP contribution in [0.2, 0.25) is 0 Å². The number of aliphatic hydroxyl groups is 1. The van der Waals surface area contributed by atoms with Crippen LogP contribution in [0.25, 0.3) is 0 Å². The molecule has 0 aliphatic carbocycles. The molecule has 28 heavy (non-hydrogen) atoms. The van der Waals surface area contributed by atoms with Crippen LogP contribution < -0.4 is 9.80 Å². The van der Waals surface area contributed by atoms with Crippen LogP contribution in [-0.2, 0) is 13.0 Å². The number of aliphatic hydroxyl groups excluding tert-OH is 1. The Morgan fingerprint density at radius 2 is 1.96 bits per heavy atom. The van der Waals surface area contributed by atoms with Gasteiger partial charge in [-0.1, -0.05) is 0 Å². The van der Waals surface area contributed by atoms with E-state index in [9.17, 15) is 9.90 Å². The average Bonchev–Trinajstić information content (AvgIpc) is 3.13. The van der Waals surface area contributed by atoms with Gasteiger partial charge in [0.2, 0.25) is 5.95 Å². The van der Waals surface area contributed by atoms with Crippen molar-refractivity contribution in [3.05, 3.63) is 27.3 Å². The predicted octanol–water partition coefficient (Wildman–Crippen LogP) is 1.47. The molecule has 1 amide bonds. The third kappa shape index (κ3) is 3.68. The maximum absolute atomic E-state index is 12.9.